The van der Waals surface area contributed by atoms with E-state index in [0.717, 1.165) is 5.56 Å². The van der Waals surface area contributed by atoms with Crippen molar-refractivity contribution >= 4 is 15.4 Å². The van der Waals surface area contributed by atoms with Crippen molar-refractivity contribution in [1.82, 2.24) is 0 Å². The maximum absolute atomic E-state index is 8.91. The molecule has 64 valence electrons. The van der Waals surface area contributed by atoms with Crippen LogP contribution in [0.4, 0.5) is 0 Å². The minimum absolute atomic E-state index is 0.682. The van der Waals surface area contributed by atoms with Crippen molar-refractivity contribution in [3.63, 3.8) is 0 Å². The molecule has 0 heterocycles. The Labute approximate surface area is 73.6 Å². The molecule has 1 rings (SSSR count). The number of allylic oxidation sites excluding steroid dienone is 1. The van der Waals surface area contributed by atoms with Crippen LogP contribution in [-0.2, 0) is 0 Å². The summed E-state index contributed by atoms with van der Waals surface area (Å²) in [6.07, 6.45) is 1.80. The summed E-state index contributed by atoms with van der Waals surface area (Å²) in [6.45, 7) is 1.74. The van der Waals surface area contributed by atoms with Gasteiger partial charge in [0.15, 0.2) is 0 Å². The normalized spacial score (nSPS) is 12.2. The van der Waals surface area contributed by atoms with Crippen LogP contribution in [0, 0.1) is 0 Å². The second-order valence-corrected chi connectivity index (χ2v) is 4.33. The molecule has 0 saturated carbocycles. The van der Waals surface area contributed by atoms with E-state index in [1.807, 2.05) is 30.3 Å². The van der Waals surface area contributed by atoms with Crippen LogP contribution in [0.5, 0.6) is 0 Å². The first-order chi connectivity index (χ1) is 5.70. The number of hydrogen-bond donors (Lipinski definition) is 2. The molecule has 0 atom stereocenters. The van der Waals surface area contributed by atoms with E-state index >= 15 is 0 Å². The lowest BCUT2D eigenvalue weighted by Crippen LogP contribution is -2.12. The molecule has 1 aromatic carbocycles. The highest BCUT2D eigenvalue weighted by Crippen LogP contribution is 2.06. The molecule has 0 aliphatic heterocycles. The van der Waals surface area contributed by atoms with E-state index in [-0.39, 0.29) is 0 Å². The SMILES string of the molecule is CC(=Cc1ccccc1)[SiH](O)O. The Morgan fingerprint density at radius 3 is 2.33 bits per heavy atom. The maximum atomic E-state index is 8.91. The van der Waals surface area contributed by atoms with Crippen LogP contribution >= 0.6 is 0 Å². The summed E-state index contributed by atoms with van der Waals surface area (Å²) < 4.78 is 0. The number of benzene rings is 1. The van der Waals surface area contributed by atoms with Crippen LogP contribution in [0.15, 0.2) is 35.5 Å². The monoisotopic (exact) mass is 180 g/mol. The van der Waals surface area contributed by atoms with Gasteiger partial charge in [-0.2, -0.15) is 0 Å². The van der Waals surface area contributed by atoms with E-state index < -0.39 is 9.28 Å². The quantitative estimate of drug-likeness (QED) is 0.662. The molecule has 0 aliphatic carbocycles. The zero-order chi connectivity index (χ0) is 8.97. The van der Waals surface area contributed by atoms with E-state index in [9.17, 15) is 0 Å². The molecule has 2 N–H and O–H groups in total. The molecule has 0 fully saturated rings. The van der Waals surface area contributed by atoms with Gasteiger partial charge in [0.1, 0.15) is 0 Å². The fourth-order valence-corrected chi connectivity index (χ4v) is 1.23. The third kappa shape index (κ3) is 2.62. The Kier molecular flexibility index (Phi) is 3.22. The van der Waals surface area contributed by atoms with Crippen molar-refractivity contribution in [3.05, 3.63) is 41.1 Å². The van der Waals surface area contributed by atoms with Crippen molar-refractivity contribution in [2.24, 2.45) is 0 Å². The summed E-state index contributed by atoms with van der Waals surface area (Å²) in [5.41, 5.74) is 1.01. The first-order valence-electron chi connectivity index (χ1n) is 3.79. The Balaban J connectivity index is 2.81. The molecule has 0 unspecified atom stereocenters. The van der Waals surface area contributed by atoms with Gasteiger partial charge in [0.05, 0.1) is 0 Å². The molecule has 0 saturated heterocycles. The molecule has 0 amide bonds. The van der Waals surface area contributed by atoms with Gasteiger partial charge in [-0.25, -0.2) is 0 Å². The van der Waals surface area contributed by atoms with Gasteiger partial charge in [0.25, 0.3) is 0 Å². The number of hydrogen-bond acceptors (Lipinski definition) is 2. The zero-order valence-corrected chi connectivity index (χ0v) is 8.09. The minimum atomic E-state index is -2.57. The van der Waals surface area contributed by atoms with Crippen LogP contribution in [-0.4, -0.2) is 18.9 Å². The van der Waals surface area contributed by atoms with Crippen LogP contribution in [0.1, 0.15) is 12.5 Å². The van der Waals surface area contributed by atoms with E-state index in [0.29, 0.717) is 5.20 Å². The van der Waals surface area contributed by atoms with Gasteiger partial charge in [-0.15, -0.1) is 0 Å². The lowest BCUT2D eigenvalue weighted by Gasteiger charge is -1.99. The standard InChI is InChI=1S/C9H12O2Si/c1-8(12(10)11)7-9-5-3-2-4-6-9/h2-7,10-12H,1H3. The predicted molar refractivity (Wildman–Crippen MR) is 51.7 cm³/mol. The lowest BCUT2D eigenvalue weighted by atomic mass is 10.2. The van der Waals surface area contributed by atoms with Crippen molar-refractivity contribution in [2.45, 2.75) is 6.92 Å². The molecule has 1 aromatic rings. The van der Waals surface area contributed by atoms with E-state index in [2.05, 4.69) is 0 Å². The van der Waals surface area contributed by atoms with Crippen LogP contribution in [0.3, 0.4) is 0 Å². The molecule has 0 radical (unpaired) electrons. The van der Waals surface area contributed by atoms with Gasteiger partial charge < -0.3 is 9.59 Å². The molecular formula is C9H12O2Si. The molecule has 12 heavy (non-hydrogen) atoms. The topological polar surface area (TPSA) is 40.5 Å². The van der Waals surface area contributed by atoms with Gasteiger partial charge in [-0.1, -0.05) is 36.4 Å². The van der Waals surface area contributed by atoms with Crippen molar-refractivity contribution in [1.29, 1.82) is 0 Å². The predicted octanol–water partition coefficient (Wildman–Crippen LogP) is 0.834. The minimum Gasteiger partial charge on any atom is -0.410 e. The Bertz CT molecular complexity index is 267. The first kappa shape index (κ1) is 9.19. The van der Waals surface area contributed by atoms with Gasteiger partial charge in [-0.3, -0.25) is 0 Å². The fourth-order valence-electron chi connectivity index (χ4n) is 0.887. The summed E-state index contributed by atoms with van der Waals surface area (Å²) in [6, 6.07) is 9.63. The molecule has 2 nitrogen and oxygen atoms in total. The van der Waals surface area contributed by atoms with E-state index in [4.69, 9.17) is 9.59 Å². The Morgan fingerprint density at radius 2 is 1.83 bits per heavy atom. The Hall–Kier alpha value is -0.903. The molecular weight excluding hydrogens is 168 g/mol. The van der Waals surface area contributed by atoms with Crippen molar-refractivity contribution in [3.8, 4) is 0 Å². The summed E-state index contributed by atoms with van der Waals surface area (Å²) in [5.74, 6) is 0. The first-order valence-corrected chi connectivity index (χ1v) is 5.40. The second-order valence-electron chi connectivity index (χ2n) is 2.67. The largest absolute Gasteiger partial charge is 0.410 e. The van der Waals surface area contributed by atoms with E-state index in [1.165, 1.54) is 0 Å². The summed E-state index contributed by atoms with van der Waals surface area (Å²) in [7, 11) is -2.57. The molecule has 3 heteroatoms. The summed E-state index contributed by atoms with van der Waals surface area (Å²) >= 11 is 0. The van der Waals surface area contributed by atoms with Crippen molar-refractivity contribution < 1.29 is 9.59 Å². The third-order valence-electron chi connectivity index (χ3n) is 1.60. The molecule has 0 aromatic heterocycles. The smallest absolute Gasteiger partial charge is 0.346 e. The fraction of sp³-hybridized carbons (Fsp3) is 0.111. The van der Waals surface area contributed by atoms with Crippen LogP contribution < -0.4 is 0 Å². The lowest BCUT2D eigenvalue weighted by molar-refractivity contribution is 0.419. The Morgan fingerprint density at radius 1 is 1.25 bits per heavy atom. The molecule has 0 bridgehead atoms. The zero-order valence-electron chi connectivity index (χ0n) is 6.94. The van der Waals surface area contributed by atoms with Gasteiger partial charge in [0.2, 0.25) is 0 Å². The van der Waals surface area contributed by atoms with Crippen LogP contribution in [0.25, 0.3) is 6.08 Å². The summed E-state index contributed by atoms with van der Waals surface area (Å²) in [4.78, 5) is 17.8. The third-order valence-corrected chi connectivity index (χ3v) is 2.58. The second kappa shape index (κ2) is 4.20. The number of rotatable bonds is 2. The highest BCUT2D eigenvalue weighted by Gasteiger charge is 2.03. The average Bonchev–Trinajstić information content (AvgIpc) is 2.06. The van der Waals surface area contributed by atoms with Gasteiger partial charge in [-0.05, 0) is 17.7 Å². The highest BCUT2D eigenvalue weighted by molar-refractivity contribution is 6.51. The highest BCUT2D eigenvalue weighted by atomic mass is 28.3. The van der Waals surface area contributed by atoms with Gasteiger partial charge >= 0.3 is 9.28 Å². The summed E-state index contributed by atoms with van der Waals surface area (Å²) in [5, 5.41) is 0.682. The molecule has 0 aliphatic rings. The van der Waals surface area contributed by atoms with Gasteiger partial charge in [0, 0.05) is 0 Å². The molecule has 0 spiro atoms. The van der Waals surface area contributed by atoms with E-state index in [1.54, 1.807) is 13.0 Å². The van der Waals surface area contributed by atoms with Crippen LogP contribution in [0.2, 0.25) is 0 Å². The average molecular weight is 180 g/mol. The van der Waals surface area contributed by atoms with Crippen molar-refractivity contribution in [2.75, 3.05) is 0 Å². The maximum Gasteiger partial charge on any atom is 0.346 e.